The number of halogens is 1. The van der Waals surface area contributed by atoms with Crippen LogP contribution >= 0.6 is 65.6 Å². The molecule has 2 saturated heterocycles. The summed E-state index contributed by atoms with van der Waals surface area (Å²) in [6, 6.07) is 3.84. The fraction of sp³-hybridized carbons (Fsp3) is 0.600. The largest absolute Gasteiger partial charge is 0.366 e. The average molecular weight is 624 g/mol. The lowest BCUT2D eigenvalue weighted by Crippen LogP contribution is -2.55. The maximum absolute atomic E-state index is 13.8. The molecule has 1 aliphatic carbocycles. The molecule has 0 unspecified atom stereocenters. The summed E-state index contributed by atoms with van der Waals surface area (Å²) in [5.74, 6) is -0.724. The number of alkyl halides is 1. The van der Waals surface area contributed by atoms with E-state index < -0.39 is 23.6 Å². The van der Waals surface area contributed by atoms with Crippen LogP contribution in [-0.4, -0.2) is 65.1 Å². The molecule has 8 nitrogen and oxygen atoms in total. The number of carbonyl (C=O) groups excluding carboxylic acids is 4. The van der Waals surface area contributed by atoms with Gasteiger partial charge in [-0.05, 0) is 55.4 Å². The number of benzene rings is 1. The minimum Gasteiger partial charge on any atom is -0.366 e. The van der Waals surface area contributed by atoms with E-state index in [1.165, 1.54) is 4.90 Å². The zero-order valence-corrected chi connectivity index (χ0v) is 25.8. The van der Waals surface area contributed by atoms with Gasteiger partial charge in [-0.1, -0.05) is 19.3 Å². The minimum atomic E-state index is -0.720. The SMILES string of the molecule is O=C1CCCc2cc(C(=O)N[C@H](C(=O)N3C[C@H](Cl)[C@H]4OCC(=O)[C@H]43)C3CCCCC3)ccc2N1.S.S.S.S. The fourth-order valence-electron chi connectivity index (χ4n) is 5.79. The summed E-state index contributed by atoms with van der Waals surface area (Å²) < 4.78 is 5.54. The number of nitrogens with zero attached hydrogens (tertiary/aromatic N) is 1. The van der Waals surface area contributed by atoms with Crippen LogP contribution in [0.4, 0.5) is 5.69 Å². The first-order valence-corrected chi connectivity index (χ1v) is 12.7. The van der Waals surface area contributed by atoms with Crippen molar-refractivity contribution in [3.05, 3.63) is 29.3 Å². The second kappa shape index (κ2) is 15.1. The summed E-state index contributed by atoms with van der Waals surface area (Å²) in [4.78, 5) is 52.9. The number of fused-ring (bicyclic) bond motifs is 2. The number of hydrogen-bond donors (Lipinski definition) is 2. The van der Waals surface area contributed by atoms with E-state index in [-0.39, 0.29) is 96.6 Å². The van der Waals surface area contributed by atoms with Gasteiger partial charge in [-0.15, -0.1) is 11.6 Å². The van der Waals surface area contributed by atoms with Crippen molar-refractivity contribution in [2.45, 2.75) is 74.9 Å². The summed E-state index contributed by atoms with van der Waals surface area (Å²) in [7, 11) is 0. The van der Waals surface area contributed by atoms with Crippen molar-refractivity contribution in [1.82, 2.24) is 10.2 Å². The van der Waals surface area contributed by atoms with Gasteiger partial charge in [0.05, 0.1) is 5.38 Å². The third-order valence-electron chi connectivity index (χ3n) is 7.57. The van der Waals surface area contributed by atoms with Crippen LogP contribution in [0.2, 0.25) is 0 Å². The first-order valence-electron chi connectivity index (χ1n) is 12.2. The van der Waals surface area contributed by atoms with Gasteiger partial charge in [0.1, 0.15) is 24.8 Å². The number of Topliss-reactive ketones (excluding diaryl/α,β-unsaturated/α-hetero) is 1. The smallest absolute Gasteiger partial charge is 0.251 e. The normalized spacial score (nSPS) is 25.1. The van der Waals surface area contributed by atoms with Gasteiger partial charge in [0.25, 0.3) is 5.91 Å². The van der Waals surface area contributed by atoms with E-state index in [4.69, 9.17) is 16.3 Å². The summed E-state index contributed by atoms with van der Waals surface area (Å²) in [6.45, 7) is 0.202. The van der Waals surface area contributed by atoms with Crippen LogP contribution in [0.25, 0.3) is 0 Å². The molecule has 4 atom stereocenters. The molecule has 3 fully saturated rings. The third kappa shape index (κ3) is 7.17. The Kier molecular flexibility index (Phi) is 13.9. The molecule has 4 aliphatic rings. The van der Waals surface area contributed by atoms with E-state index >= 15 is 0 Å². The number of hydrogen-bond acceptors (Lipinski definition) is 5. The van der Waals surface area contributed by atoms with Gasteiger partial charge in [-0.2, -0.15) is 54.0 Å². The van der Waals surface area contributed by atoms with E-state index in [1.54, 1.807) is 18.2 Å². The van der Waals surface area contributed by atoms with E-state index in [9.17, 15) is 19.2 Å². The van der Waals surface area contributed by atoms with Crippen molar-refractivity contribution in [3.8, 4) is 0 Å². The number of ether oxygens (including phenoxy) is 1. The van der Waals surface area contributed by atoms with E-state index in [2.05, 4.69) is 10.6 Å². The van der Waals surface area contributed by atoms with Gasteiger partial charge >= 0.3 is 0 Å². The Morgan fingerprint density at radius 1 is 1.03 bits per heavy atom. The molecule has 0 bridgehead atoms. The van der Waals surface area contributed by atoms with Crippen LogP contribution in [0, 0.1) is 5.92 Å². The monoisotopic (exact) mass is 623 g/mol. The quantitative estimate of drug-likeness (QED) is 0.502. The van der Waals surface area contributed by atoms with Crippen LogP contribution in [0.1, 0.15) is 60.9 Å². The lowest BCUT2D eigenvalue weighted by atomic mass is 9.83. The van der Waals surface area contributed by atoms with Gasteiger partial charge in [0.15, 0.2) is 5.78 Å². The maximum Gasteiger partial charge on any atom is 0.251 e. The molecule has 3 heterocycles. The number of anilines is 1. The zero-order valence-electron chi connectivity index (χ0n) is 21.1. The molecule has 2 N–H and O–H groups in total. The van der Waals surface area contributed by atoms with Gasteiger partial charge in [-0.3, -0.25) is 19.2 Å². The highest BCUT2D eigenvalue weighted by molar-refractivity contribution is 7.59. The molecule has 214 valence electrons. The number of aryl methyl sites for hydroxylation is 1. The lowest BCUT2D eigenvalue weighted by Gasteiger charge is -2.34. The molecule has 1 aromatic rings. The predicted molar refractivity (Wildman–Crippen MR) is 167 cm³/mol. The van der Waals surface area contributed by atoms with Gasteiger partial charge < -0.3 is 20.3 Å². The highest BCUT2D eigenvalue weighted by atomic mass is 35.5. The number of likely N-dealkylation sites (tertiary alicyclic amines) is 1. The summed E-state index contributed by atoms with van der Waals surface area (Å²) in [6.07, 6.45) is 6.23. The van der Waals surface area contributed by atoms with Crippen molar-refractivity contribution >= 4 is 94.8 Å². The summed E-state index contributed by atoms with van der Waals surface area (Å²) in [5.41, 5.74) is 2.10. The molecule has 5 rings (SSSR count). The van der Waals surface area contributed by atoms with E-state index in [0.29, 0.717) is 18.4 Å². The van der Waals surface area contributed by atoms with Crippen molar-refractivity contribution in [2.24, 2.45) is 5.92 Å². The fourth-order valence-corrected chi connectivity index (χ4v) is 6.15. The van der Waals surface area contributed by atoms with Crippen LogP contribution < -0.4 is 10.6 Å². The van der Waals surface area contributed by atoms with Crippen LogP contribution in [0.5, 0.6) is 0 Å². The number of ketones is 1. The summed E-state index contributed by atoms with van der Waals surface area (Å²) in [5, 5.41) is 5.44. The molecule has 3 amide bonds. The molecule has 1 aromatic carbocycles. The molecule has 38 heavy (non-hydrogen) atoms. The topological polar surface area (TPSA) is 105 Å². The Hall–Kier alpha value is -1.05. The standard InChI is InChI=1S/C25H30ClN3O5.4H2S/c26-17-12-29(22-19(30)13-34-23(17)22)25(33)21(14-5-2-1-3-6-14)28-24(32)16-9-10-18-15(11-16)7-4-8-20(31)27-18;;;;/h9-11,14,17,21-23H,1-8,12-13H2,(H,27,31)(H,28,32);4*1H2/t17-,21-,22+,23+;;;;/m0..../s1. The second-order valence-electron chi connectivity index (χ2n) is 9.82. The van der Waals surface area contributed by atoms with Crippen LogP contribution in [-0.2, 0) is 25.5 Å². The minimum absolute atomic E-state index is 0. The van der Waals surface area contributed by atoms with Crippen LogP contribution in [0.15, 0.2) is 18.2 Å². The average Bonchev–Trinajstić information content (AvgIpc) is 3.31. The van der Waals surface area contributed by atoms with E-state index in [1.807, 2.05) is 0 Å². The molecule has 0 aromatic heterocycles. The number of rotatable bonds is 4. The van der Waals surface area contributed by atoms with Crippen LogP contribution in [0.3, 0.4) is 0 Å². The number of carbonyl (C=O) groups is 4. The van der Waals surface area contributed by atoms with Crippen molar-refractivity contribution in [1.29, 1.82) is 0 Å². The molecule has 13 heteroatoms. The highest BCUT2D eigenvalue weighted by Crippen LogP contribution is 2.34. The van der Waals surface area contributed by atoms with Crippen molar-refractivity contribution in [2.75, 3.05) is 18.5 Å². The van der Waals surface area contributed by atoms with Gasteiger partial charge in [-0.25, -0.2) is 0 Å². The van der Waals surface area contributed by atoms with Gasteiger partial charge in [0, 0.05) is 24.2 Å². The lowest BCUT2D eigenvalue weighted by molar-refractivity contribution is -0.139. The molecule has 1 saturated carbocycles. The molecule has 0 spiro atoms. The third-order valence-corrected chi connectivity index (χ3v) is 7.96. The number of amides is 3. The Morgan fingerprint density at radius 3 is 2.45 bits per heavy atom. The first-order chi connectivity index (χ1) is 16.4. The predicted octanol–water partition coefficient (Wildman–Crippen LogP) is 2.88. The van der Waals surface area contributed by atoms with Gasteiger partial charge in [0.2, 0.25) is 11.8 Å². The van der Waals surface area contributed by atoms with E-state index in [0.717, 1.165) is 49.8 Å². The molecule has 3 aliphatic heterocycles. The maximum atomic E-state index is 13.8. The molecular formula is C25H38ClN3O5S4. The Bertz CT molecular complexity index is 1030. The van der Waals surface area contributed by atoms with Crippen molar-refractivity contribution in [3.63, 3.8) is 0 Å². The second-order valence-corrected chi connectivity index (χ2v) is 10.4. The Labute approximate surface area is 256 Å². The Balaban J connectivity index is 0.00000180. The Morgan fingerprint density at radius 2 is 1.74 bits per heavy atom. The summed E-state index contributed by atoms with van der Waals surface area (Å²) >= 11 is 6.41. The molecule has 0 radical (unpaired) electrons. The first kappa shape index (κ1) is 35.0. The molecular weight excluding hydrogens is 586 g/mol. The zero-order chi connectivity index (χ0) is 23.8. The van der Waals surface area contributed by atoms with Crippen molar-refractivity contribution < 1.29 is 23.9 Å². The highest BCUT2D eigenvalue weighted by Gasteiger charge is 2.53. The number of nitrogens with one attached hydrogen (secondary N) is 2.